The molecule has 0 spiro atoms. The zero-order chi connectivity index (χ0) is 12.5. The first-order chi connectivity index (χ1) is 8.74. The van der Waals surface area contributed by atoms with Crippen LogP contribution in [0.1, 0.15) is 23.1 Å². The first kappa shape index (κ1) is 11.3. The van der Waals surface area contributed by atoms with Crippen LogP contribution in [0.3, 0.4) is 0 Å². The largest absolute Gasteiger partial charge is 0.345 e. The molecule has 0 saturated heterocycles. The third kappa shape index (κ3) is 2.01. The summed E-state index contributed by atoms with van der Waals surface area (Å²) in [6, 6.07) is 15.6. The molecule has 2 aromatic carbocycles. The van der Waals surface area contributed by atoms with Crippen molar-refractivity contribution in [3.05, 3.63) is 59.2 Å². The average molecular weight is 237 g/mol. The molecule has 1 heteroatoms. The SMILES string of the molecule is Cc1ccc(N(C)c2ccc3c(c2)CCC3)cc1. The zero-order valence-corrected chi connectivity index (χ0v) is 11.1. The van der Waals surface area contributed by atoms with Crippen molar-refractivity contribution in [1.29, 1.82) is 0 Å². The molecule has 1 aliphatic carbocycles. The highest BCUT2D eigenvalue weighted by atomic mass is 15.1. The van der Waals surface area contributed by atoms with Gasteiger partial charge in [-0.1, -0.05) is 23.8 Å². The van der Waals surface area contributed by atoms with Crippen molar-refractivity contribution in [2.75, 3.05) is 11.9 Å². The van der Waals surface area contributed by atoms with Gasteiger partial charge < -0.3 is 4.90 Å². The van der Waals surface area contributed by atoms with Gasteiger partial charge in [-0.3, -0.25) is 0 Å². The summed E-state index contributed by atoms with van der Waals surface area (Å²) in [6.45, 7) is 2.12. The maximum Gasteiger partial charge on any atom is 0.0411 e. The van der Waals surface area contributed by atoms with Gasteiger partial charge in [0.2, 0.25) is 0 Å². The minimum atomic E-state index is 1.24. The Labute approximate surface area is 109 Å². The van der Waals surface area contributed by atoms with Crippen LogP contribution < -0.4 is 4.90 Å². The molecule has 0 amide bonds. The minimum Gasteiger partial charge on any atom is -0.345 e. The summed E-state index contributed by atoms with van der Waals surface area (Å²) in [5, 5.41) is 0. The Morgan fingerprint density at radius 1 is 0.833 bits per heavy atom. The van der Waals surface area contributed by atoms with E-state index in [1.54, 1.807) is 0 Å². The summed E-state index contributed by atoms with van der Waals surface area (Å²) in [4.78, 5) is 2.26. The Bertz CT molecular complexity index is 554. The standard InChI is InChI=1S/C17H19N/c1-13-6-9-16(10-7-13)18(2)17-11-8-14-4-3-5-15(14)12-17/h6-12H,3-5H2,1-2H3. The second kappa shape index (κ2) is 4.49. The van der Waals surface area contributed by atoms with E-state index in [1.165, 1.54) is 47.3 Å². The maximum atomic E-state index is 2.35. The Balaban J connectivity index is 1.92. The molecule has 0 aromatic heterocycles. The predicted molar refractivity (Wildman–Crippen MR) is 77.7 cm³/mol. The van der Waals surface area contributed by atoms with Crippen LogP contribution in [0.25, 0.3) is 0 Å². The Morgan fingerprint density at radius 3 is 2.28 bits per heavy atom. The fourth-order valence-corrected chi connectivity index (χ4v) is 2.68. The van der Waals surface area contributed by atoms with Gasteiger partial charge in [0.25, 0.3) is 0 Å². The van der Waals surface area contributed by atoms with Crippen molar-refractivity contribution in [3.63, 3.8) is 0 Å². The van der Waals surface area contributed by atoms with Crippen molar-refractivity contribution in [3.8, 4) is 0 Å². The lowest BCUT2D eigenvalue weighted by molar-refractivity contribution is 0.911. The molecule has 92 valence electrons. The van der Waals surface area contributed by atoms with Gasteiger partial charge in [0.15, 0.2) is 0 Å². The van der Waals surface area contributed by atoms with Crippen molar-refractivity contribution in [2.24, 2.45) is 0 Å². The van der Waals surface area contributed by atoms with Gasteiger partial charge in [0, 0.05) is 18.4 Å². The Hall–Kier alpha value is -1.76. The Kier molecular flexibility index (Phi) is 2.83. The van der Waals surface area contributed by atoms with E-state index in [1.807, 2.05) is 0 Å². The van der Waals surface area contributed by atoms with Crippen LogP contribution in [-0.4, -0.2) is 7.05 Å². The van der Waals surface area contributed by atoms with Crippen LogP contribution in [0.15, 0.2) is 42.5 Å². The van der Waals surface area contributed by atoms with E-state index in [-0.39, 0.29) is 0 Å². The summed E-state index contributed by atoms with van der Waals surface area (Å²) in [7, 11) is 2.14. The van der Waals surface area contributed by atoms with E-state index >= 15 is 0 Å². The van der Waals surface area contributed by atoms with Crippen molar-refractivity contribution in [1.82, 2.24) is 0 Å². The Morgan fingerprint density at radius 2 is 1.50 bits per heavy atom. The van der Waals surface area contributed by atoms with Gasteiger partial charge in [-0.25, -0.2) is 0 Å². The minimum absolute atomic E-state index is 1.24. The van der Waals surface area contributed by atoms with Crippen LogP contribution in [0.2, 0.25) is 0 Å². The number of fused-ring (bicyclic) bond motifs is 1. The van der Waals surface area contributed by atoms with Gasteiger partial charge in [-0.15, -0.1) is 0 Å². The van der Waals surface area contributed by atoms with Crippen molar-refractivity contribution >= 4 is 11.4 Å². The first-order valence-electron chi connectivity index (χ1n) is 6.66. The maximum absolute atomic E-state index is 2.35. The summed E-state index contributed by atoms with van der Waals surface area (Å²) < 4.78 is 0. The first-order valence-corrected chi connectivity index (χ1v) is 6.66. The molecule has 3 rings (SSSR count). The molecule has 0 unspecified atom stereocenters. The van der Waals surface area contributed by atoms with Gasteiger partial charge in [-0.05, 0) is 61.6 Å². The van der Waals surface area contributed by atoms with E-state index in [0.29, 0.717) is 0 Å². The molecule has 0 radical (unpaired) electrons. The van der Waals surface area contributed by atoms with Crippen LogP contribution in [-0.2, 0) is 12.8 Å². The third-order valence-electron chi connectivity index (χ3n) is 3.89. The molecule has 0 atom stereocenters. The molecular formula is C17H19N. The molecule has 2 aromatic rings. The zero-order valence-electron chi connectivity index (χ0n) is 11.1. The van der Waals surface area contributed by atoms with Crippen molar-refractivity contribution < 1.29 is 0 Å². The molecule has 0 aliphatic heterocycles. The van der Waals surface area contributed by atoms with E-state index in [9.17, 15) is 0 Å². The highest BCUT2D eigenvalue weighted by Gasteiger charge is 2.12. The second-order valence-corrected chi connectivity index (χ2v) is 5.20. The van der Waals surface area contributed by atoms with E-state index in [2.05, 4.69) is 61.3 Å². The quantitative estimate of drug-likeness (QED) is 0.754. The predicted octanol–water partition coefficient (Wildman–Crippen LogP) is 4.25. The highest BCUT2D eigenvalue weighted by Crippen LogP contribution is 2.29. The lowest BCUT2D eigenvalue weighted by atomic mass is 10.1. The molecule has 0 bridgehead atoms. The van der Waals surface area contributed by atoms with Gasteiger partial charge in [0.05, 0.1) is 0 Å². The van der Waals surface area contributed by atoms with Crippen LogP contribution >= 0.6 is 0 Å². The number of aryl methyl sites for hydroxylation is 3. The molecule has 18 heavy (non-hydrogen) atoms. The van der Waals surface area contributed by atoms with E-state index < -0.39 is 0 Å². The van der Waals surface area contributed by atoms with E-state index in [4.69, 9.17) is 0 Å². The fraction of sp³-hybridized carbons (Fsp3) is 0.294. The van der Waals surface area contributed by atoms with Crippen LogP contribution in [0.4, 0.5) is 11.4 Å². The monoisotopic (exact) mass is 237 g/mol. The second-order valence-electron chi connectivity index (χ2n) is 5.20. The lowest BCUT2D eigenvalue weighted by Gasteiger charge is -2.20. The van der Waals surface area contributed by atoms with Gasteiger partial charge in [0.1, 0.15) is 0 Å². The number of rotatable bonds is 2. The van der Waals surface area contributed by atoms with E-state index in [0.717, 1.165) is 0 Å². The smallest absolute Gasteiger partial charge is 0.0411 e. The lowest BCUT2D eigenvalue weighted by Crippen LogP contribution is -2.09. The molecule has 0 saturated carbocycles. The van der Waals surface area contributed by atoms with Crippen LogP contribution in [0, 0.1) is 6.92 Å². The number of benzene rings is 2. The summed E-state index contributed by atoms with van der Waals surface area (Å²) in [5.74, 6) is 0. The molecule has 0 fully saturated rings. The molecule has 0 N–H and O–H groups in total. The number of hydrogen-bond acceptors (Lipinski definition) is 1. The van der Waals surface area contributed by atoms with Gasteiger partial charge >= 0.3 is 0 Å². The molecular weight excluding hydrogens is 218 g/mol. The molecule has 0 heterocycles. The highest BCUT2D eigenvalue weighted by molar-refractivity contribution is 5.64. The summed E-state index contributed by atoms with van der Waals surface area (Å²) >= 11 is 0. The van der Waals surface area contributed by atoms with Crippen LogP contribution in [0.5, 0.6) is 0 Å². The fourth-order valence-electron chi connectivity index (χ4n) is 2.68. The normalized spacial score (nSPS) is 13.4. The number of nitrogens with zero attached hydrogens (tertiary/aromatic N) is 1. The van der Waals surface area contributed by atoms with Gasteiger partial charge in [-0.2, -0.15) is 0 Å². The summed E-state index contributed by atoms with van der Waals surface area (Å²) in [5.41, 5.74) is 6.92. The summed E-state index contributed by atoms with van der Waals surface area (Å²) in [6.07, 6.45) is 3.81. The molecule has 1 aliphatic rings. The number of hydrogen-bond donors (Lipinski definition) is 0. The third-order valence-corrected chi connectivity index (χ3v) is 3.89. The topological polar surface area (TPSA) is 3.24 Å². The molecule has 1 nitrogen and oxygen atoms in total. The number of anilines is 2. The van der Waals surface area contributed by atoms with Crippen molar-refractivity contribution in [2.45, 2.75) is 26.2 Å². The average Bonchev–Trinajstić information content (AvgIpc) is 2.86.